The highest BCUT2D eigenvalue weighted by Gasteiger charge is 2.31. The molecular formula is C42H74. The van der Waals surface area contributed by atoms with Crippen molar-refractivity contribution in [3.05, 3.63) is 62.3 Å². The van der Waals surface area contributed by atoms with Crippen LogP contribution < -0.4 is 0 Å². The molecule has 0 spiro atoms. The summed E-state index contributed by atoms with van der Waals surface area (Å²) in [6.45, 7) is 25.8. The zero-order chi connectivity index (χ0) is 31.0. The lowest BCUT2D eigenvalue weighted by molar-refractivity contribution is 0.139. The Hall–Kier alpha value is -1.30. The first-order chi connectivity index (χ1) is 20.4. The summed E-state index contributed by atoms with van der Waals surface area (Å²) in [5.74, 6) is 5.22. The third-order valence-corrected chi connectivity index (χ3v) is 10.7. The van der Waals surface area contributed by atoms with E-state index in [4.69, 9.17) is 0 Å². The largest absolute Gasteiger partial charge is 0.106 e. The van der Waals surface area contributed by atoms with Gasteiger partial charge in [-0.25, -0.2) is 0 Å². The highest BCUT2D eigenvalue weighted by molar-refractivity contribution is 4.99. The molecule has 1 unspecified atom stereocenters. The molecule has 5 rings (SSSR count). The summed E-state index contributed by atoms with van der Waals surface area (Å²) in [4.78, 5) is 0. The first-order valence-electron chi connectivity index (χ1n) is 18.5. The third kappa shape index (κ3) is 18.4. The molecule has 0 nitrogen and oxygen atoms in total. The Morgan fingerprint density at radius 2 is 0.905 bits per heavy atom. The van der Waals surface area contributed by atoms with E-state index in [-0.39, 0.29) is 0 Å². The van der Waals surface area contributed by atoms with E-state index in [9.17, 15) is 0 Å². The summed E-state index contributed by atoms with van der Waals surface area (Å²) in [6, 6.07) is 0. The highest BCUT2D eigenvalue weighted by Crippen LogP contribution is 2.43. The fourth-order valence-electron chi connectivity index (χ4n) is 7.94. The molecule has 0 aromatic heterocycles. The standard InChI is InChI=1S/C23H40.2C7H12.C3H6.C2H4/c1-18-8-12-21(13-9-18)17-23(16-20-6-4-3-5-7-20)22-14-10-19(2)11-15-22;2*1-7-5-3-2-4-6-7;1-3-2;1-2/h19-23H,1,3-17H2,2H3;2*1-6H2;3H,1H2,2H3;1-2H2. The number of hydrogen-bond donors (Lipinski definition) is 0. The van der Waals surface area contributed by atoms with E-state index in [0.717, 1.165) is 29.6 Å². The monoisotopic (exact) mass is 579 g/mol. The molecule has 0 aromatic rings. The molecule has 0 aliphatic heterocycles. The van der Waals surface area contributed by atoms with Crippen LogP contribution in [0.3, 0.4) is 0 Å². The van der Waals surface area contributed by atoms with Crippen molar-refractivity contribution >= 4 is 0 Å². The van der Waals surface area contributed by atoms with Crippen LogP contribution >= 0.6 is 0 Å². The first kappa shape index (κ1) is 38.7. The van der Waals surface area contributed by atoms with Gasteiger partial charge in [-0.2, -0.15) is 0 Å². The van der Waals surface area contributed by atoms with Gasteiger partial charge in [-0.15, -0.1) is 19.7 Å². The zero-order valence-corrected chi connectivity index (χ0v) is 28.9. The summed E-state index contributed by atoms with van der Waals surface area (Å²) in [5.41, 5.74) is 4.45. The minimum atomic E-state index is 1.000. The summed E-state index contributed by atoms with van der Waals surface area (Å²) in [7, 11) is 0. The van der Waals surface area contributed by atoms with Crippen LogP contribution in [-0.4, -0.2) is 0 Å². The Kier molecular flexibility index (Phi) is 23.1. The van der Waals surface area contributed by atoms with Crippen LogP contribution in [0, 0.1) is 29.6 Å². The van der Waals surface area contributed by atoms with Crippen LogP contribution in [0.4, 0.5) is 0 Å². The highest BCUT2D eigenvalue weighted by atomic mass is 14.4. The average Bonchev–Trinajstić information content (AvgIpc) is 3.02. The maximum atomic E-state index is 4.22. The molecule has 0 heterocycles. The Morgan fingerprint density at radius 1 is 0.548 bits per heavy atom. The molecule has 42 heavy (non-hydrogen) atoms. The lowest BCUT2D eigenvalue weighted by Gasteiger charge is -2.38. The van der Waals surface area contributed by atoms with Gasteiger partial charge in [0.05, 0.1) is 0 Å². The third-order valence-electron chi connectivity index (χ3n) is 10.7. The van der Waals surface area contributed by atoms with Gasteiger partial charge in [0.1, 0.15) is 0 Å². The van der Waals surface area contributed by atoms with E-state index in [0.29, 0.717) is 0 Å². The van der Waals surface area contributed by atoms with E-state index in [1.807, 2.05) is 6.92 Å². The molecule has 0 amide bonds. The van der Waals surface area contributed by atoms with Crippen LogP contribution in [0.5, 0.6) is 0 Å². The summed E-state index contributed by atoms with van der Waals surface area (Å²) >= 11 is 0. The van der Waals surface area contributed by atoms with Crippen molar-refractivity contribution in [1.82, 2.24) is 0 Å². The molecule has 1 atom stereocenters. The van der Waals surface area contributed by atoms with Crippen molar-refractivity contribution in [2.24, 2.45) is 29.6 Å². The van der Waals surface area contributed by atoms with Crippen LogP contribution in [0.2, 0.25) is 0 Å². The van der Waals surface area contributed by atoms with Crippen LogP contribution in [0.1, 0.15) is 174 Å². The fraction of sp³-hybridized carbons (Fsp3) is 0.762. The molecule has 0 bridgehead atoms. The minimum absolute atomic E-state index is 1.000. The maximum Gasteiger partial charge on any atom is -0.0320 e. The predicted octanol–water partition coefficient (Wildman–Crippen LogP) is 14.5. The molecule has 0 radical (unpaired) electrons. The van der Waals surface area contributed by atoms with Gasteiger partial charge in [0.15, 0.2) is 0 Å². The zero-order valence-electron chi connectivity index (χ0n) is 28.9. The maximum absolute atomic E-state index is 4.22. The molecule has 0 saturated heterocycles. The lowest BCUT2D eigenvalue weighted by atomic mass is 9.68. The average molecular weight is 579 g/mol. The van der Waals surface area contributed by atoms with Gasteiger partial charge in [0, 0.05) is 0 Å². The van der Waals surface area contributed by atoms with Crippen molar-refractivity contribution in [2.45, 2.75) is 174 Å². The van der Waals surface area contributed by atoms with Crippen molar-refractivity contribution in [2.75, 3.05) is 0 Å². The first-order valence-corrected chi connectivity index (χ1v) is 18.5. The topological polar surface area (TPSA) is 0 Å². The van der Waals surface area contributed by atoms with E-state index >= 15 is 0 Å². The normalized spacial score (nSPS) is 25.9. The molecule has 0 heteroatoms. The van der Waals surface area contributed by atoms with Gasteiger partial charge in [0.25, 0.3) is 0 Å². The molecule has 5 aliphatic rings. The second-order valence-corrected chi connectivity index (χ2v) is 14.5. The van der Waals surface area contributed by atoms with Gasteiger partial charge in [-0.05, 0) is 139 Å². The van der Waals surface area contributed by atoms with Crippen molar-refractivity contribution in [3.8, 4) is 0 Å². The molecule has 5 fully saturated rings. The second-order valence-electron chi connectivity index (χ2n) is 14.5. The molecule has 0 aromatic carbocycles. The van der Waals surface area contributed by atoms with E-state index in [2.05, 4.69) is 46.4 Å². The van der Waals surface area contributed by atoms with Crippen molar-refractivity contribution in [3.63, 3.8) is 0 Å². The van der Waals surface area contributed by atoms with E-state index in [1.54, 1.807) is 31.8 Å². The Morgan fingerprint density at radius 3 is 1.29 bits per heavy atom. The van der Waals surface area contributed by atoms with Crippen LogP contribution in [0.25, 0.3) is 0 Å². The Bertz CT molecular complexity index is 662. The Balaban J connectivity index is 0.000000376. The summed E-state index contributed by atoms with van der Waals surface area (Å²) in [6.07, 6.45) is 37.7. The molecule has 5 aliphatic carbocycles. The van der Waals surface area contributed by atoms with Crippen molar-refractivity contribution in [1.29, 1.82) is 0 Å². The second kappa shape index (κ2) is 25.1. The van der Waals surface area contributed by atoms with Crippen LogP contribution in [0.15, 0.2) is 62.3 Å². The number of rotatable bonds is 5. The molecule has 5 saturated carbocycles. The lowest BCUT2D eigenvalue weighted by Crippen LogP contribution is -2.26. The summed E-state index contributed by atoms with van der Waals surface area (Å²) in [5, 5.41) is 0. The summed E-state index contributed by atoms with van der Waals surface area (Å²) < 4.78 is 0. The fourth-order valence-corrected chi connectivity index (χ4v) is 7.94. The molecule has 0 N–H and O–H groups in total. The molecule has 242 valence electrons. The quantitative estimate of drug-likeness (QED) is 0.285. The minimum Gasteiger partial charge on any atom is -0.106 e. The smallest absolute Gasteiger partial charge is 0.0320 e. The number of hydrogen-bond acceptors (Lipinski definition) is 0. The van der Waals surface area contributed by atoms with Gasteiger partial charge in [-0.3, -0.25) is 0 Å². The Labute approximate surface area is 265 Å². The van der Waals surface area contributed by atoms with Crippen LogP contribution in [-0.2, 0) is 0 Å². The van der Waals surface area contributed by atoms with Gasteiger partial charge < -0.3 is 0 Å². The van der Waals surface area contributed by atoms with Gasteiger partial charge >= 0.3 is 0 Å². The molecular weight excluding hydrogens is 504 g/mol. The van der Waals surface area contributed by atoms with Gasteiger partial charge in [-0.1, -0.05) is 107 Å². The van der Waals surface area contributed by atoms with Gasteiger partial charge in [0.2, 0.25) is 0 Å². The SMILES string of the molecule is C=C.C=C1CCC(CC(CC2CCCCC2)C2CCC(C)CC2)CC1.C=C1CCCCC1.C=C1CCCCC1.C=CC. The van der Waals surface area contributed by atoms with E-state index in [1.165, 1.54) is 152 Å². The number of allylic oxidation sites excluding steroid dienone is 4. The van der Waals surface area contributed by atoms with Crippen molar-refractivity contribution < 1.29 is 0 Å². The van der Waals surface area contributed by atoms with E-state index < -0.39 is 0 Å². The predicted molar refractivity (Wildman–Crippen MR) is 193 cm³/mol.